The second-order valence-electron chi connectivity index (χ2n) is 6.41. The van der Waals surface area contributed by atoms with Crippen LogP contribution in [0, 0.1) is 0 Å². The molecule has 0 radical (unpaired) electrons. The SMILES string of the molecule is O=C(O)/C=C/c1cnc(N[C@@H]2CCN(C3CCCCC3)C2)cn1. The van der Waals surface area contributed by atoms with Gasteiger partial charge in [-0.3, -0.25) is 9.88 Å². The molecule has 1 saturated heterocycles. The largest absolute Gasteiger partial charge is 0.478 e. The quantitative estimate of drug-likeness (QED) is 0.812. The van der Waals surface area contributed by atoms with Crippen LogP contribution in [0.2, 0.25) is 0 Å². The Bertz CT molecular complexity index is 552. The fourth-order valence-corrected chi connectivity index (χ4v) is 3.55. The first-order valence-corrected chi connectivity index (χ1v) is 8.44. The van der Waals surface area contributed by atoms with E-state index in [1.807, 2.05) is 0 Å². The number of rotatable bonds is 5. The molecular formula is C17H24N4O2. The Hall–Kier alpha value is -1.95. The molecule has 0 aromatic carbocycles. The van der Waals surface area contributed by atoms with Crippen molar-refractivity contribution < 1.29 is 9.90 Å². The van der Waals surface area contributed by atoms with E-state index in [0.717, 1.165) is 37.4 Å². The Kier molecular flexibility index (Phi) is 5.23. The van der Waals surface area contributed by atoms with Crippen LogP contribution < -0.4 is 5.32 Å². The highest BCUT2D eigenvalue weighted by Crippen LogP contribution is 2.26. The van der Waals surface area contributed by atoms with Crippen molar-refractivity contribution >= 4 is 17.9 Å². The number of hydrogen-bond donors (Lipinski definition) is 2. The number of aliphatic carboxylic acids is 1. The number of carboxylic acid groups (broad SMARTS) is 1. The van der Waals surface area contributed by atoms with Crippen molar-refractivity contribution in [2.45, 2.75) is 50.6 Å². The van der Waals surface area contributed by atoms with Gasteiger partial charge >= 0.3 is 5.97 Å². The van der Waals surface area contributed by atoms with Gasteiger partial charge in [0, 0.05) is 31.2 Å². The summed E-state index contributed by atoms with van der Waals surface area (Å²) in [6.07, 6.45) is 13.7. The van der Waals surface area contributed by atoms with E-state index in [1.165, 1.54) is 38.2 Å². The minimum atomic E-state index is -0.984. The highest BCUT2D eigenvalue weighted by atomic mass is 16.4. The van der Waals surface area contributed by atoms with E-state index in [9.17, 15) is 4.79 Å². The summed E-state index contributed by atoms with van der Waals surface area (Å²) >= 11 is 0. The Morgan fingerprint density at radius 1 is 1.22 bits per heavy atom. The summed E-state index contributed by atoms with van der Waals surface area (Å²) < 4.78 is 0. The van der Waals surface area contributed by atoms with Crippen LogP contribution in [0.1, 0.15) is 44.2 Å². The maximum atomic E-state index is 10.5. The van der Waals surface area contributed by atoms with E-state index < -0.39 is 5.97 Å². The van der Waals surface area contributed by atoms with Crippen LogP contribution in [-0.4, -0.2) is 51.1 Å². The average Bonchev–Trinajstić information content (AvgIpc) is 3.03. The predicted octanol–water partition coefficient (Wildman–Crippen LogP) is 2.39. The molecule has 0 amide bonds. The number of carboxylic acids is 1. The first-order chi connectivity index (χ1) is 11.2. The predicted molar refractivity (Wildman–Crippen MR) is 89.2 cm³/mol. The summed E-state index contributed by atoms with van der Waals surface area (Å²) in [6, 6.07) is 1.19. The molecule has 2 N–H and O–H groups in total. The fourth-order valence-electron chi connectivity index (χ4n) is 3.55. The zero-order chi connectivity index (χ0) is 16.1. The summed E-state index contributed by atoms with van der Waals surface area (Å²) in [4.78, 5) is 21.6. The lowest BCUT2D eigenvalue weighted by atomic mass is 9.94. The van der Waals surface area contributed by atoms with E-state index in [0.29, 0.717) is 11.7 Å². The van der Waals surface area contributed by atoms with E-state index in [2.05, 4.69) is 20.2 Å². The smallest absolute Gasteiger partial charge is 0.328 e. The van der Waals surface area contributed by atoms with Gasteiger partial charge in [-0.2, -0.15) is 0 Å². The molecule has 1 aliphatic carbocycles. The normalized spacial score (nSPS) is 23.4. The molecule has 2 fully saturated rings. The summed E-state index contributed by atoms with van der Waals surface area (Å²) in [6.45, 7) is 2.24. The minimum Gasteiger partial charge on any atom is -0.478 e. The minimum absolute atomic E-state index is 0.423. The fraction of sp³-hybridized carbons (Fsp3) is 0.588. The molecule has 1 aliphatic heterocycles. The maximum absolute atomic E-state index is 10.5. The first-order valence-electron chi connectivity index (χ1n) is 8.44. The molecule has 6 nitrogen and oxygen atoms in total. The van der Waals surface area contributed by atoms with Gasteiger partial charge in [-0.1, -0.05) is 19.3 Å². The van der Waals surface area contributed by atoms with Crippen LogP contribution in [0.25, 0.3) is 6.08 Å². The Balaban J connectivity index is 1.50. The van der Waals surface area contributed by atoms with Gasteiger partial charge in [-0.15, -0.1) is 0 Å². The molecule has 1 aromatic heterocycles. The molecule has 1 atom stereocenters. The van der Waals surface area contributed by atoms with Gasteiger partial charge in [0.1, 0.15) is 5.82 Å². The van der Waals surface area contributed by atoms with Gasteiger partial charge in [0.2, 0.25) is 0 Å². The molecule has 124 valence electrons. The van der Waals surface area contributed by atoms with Crippen LogP contribution in [0.3, 0.4) is 0 Å². The molecule has 2 heterocycles. The number of likely N-dealkylation sites (tertiary alicyclic amines) is 1. The van der Waals surface area contributed by atoms with E-state index in [4.69, 9.17) is 5.11 Å². The van der Waals surface area contributed by atoms with Gasteiger partial charge in [0.05, 0.1) is 18.1 Å². The second-order valence-corrected chi connectivity index (χ2v) is 6.41. The molecule has 3 rings (SSSR count). The number of aromatic nitrogens is 2. The van der Waals surface area contributed by atoms with E-state index >= 15 is 0 Å². The van der Waals surface area contributed by atoms with Gasteiger partial charge in [0.15, 0.2) is 0 Å². The van der Waals surface area contributed by atoms with Gasteiger partial charge in [0.25, 0.3) is 0 Å². The third-order valence-electron chi connectivity index (χ3n) is 4.73. The van der Waals surface area contributed by atoms with Crippen LogP contribution in [-0.2, 0) is 4.79 Å². The highest BCUT2D eigenvalue weighted by Gasteiger charge is 2.29. The van der Waals surface area contributed by atoms with Crippen LogP contribution in [0.5, 0.6) is 0 Å². The zero-order valence-corrected chi connectivity index (χ0v) is 13.3. The van der Waals surface area contributed by atoms with Gasteiger partial charge < -0.3 is 10.4 Å². The Morgan fingerprint density at radius 3 is 2.74 bits per heavy atom. The summed E-state index contributed by atoms with van der Waals surface area (Å²) in [5.74, 6) is -0.226. The second kappa shape index (κ2) is 7.55. The van der Waals surface area contributed by atoms with Crippen molar-refractivity contribution in [1.29, 1.82) is 0 Å². The third kappa shape index (κ3) is 4.51. The molecule has 1 saturated carbocycles. The molecule has 0 spiro atoms. The summed E-state index contributed by atoms with van der Waals surface area (Å²) in [5.41, 5.74) is 0.549. The summed E-state index contributed by atoms with van der Waals surface area (Å²) in [5, 5.41) is 12.0. The standard InChI is InChI=1S/C17H24N4O2/c22-17(23)7-6-13-10-19-16(11-18-13)20-14-8-9-21(12-14)15-4-2-1-3-5-15/h6-7,10-11,14-15H,1-5,8-9,12H2,(H,19,20)(H,22,23)/b7-6+/t14-/m1/s1. The van der Waals surface area contributed by atoms with Crippen molar-refractivity contribution in [2.75, 3.05) is 18.4 Å². The Labute approximate surface area is 136 Å². The number of carbonyl (C=O) groups is 1. The van der Waals surface area contributed by atoms with Gasteiger partial charge in [-0.25, -0.2) is 9.78 Å². The highest BCUT2D eigenvalue weighted by molar-refractivity contribution is 5.84. The monoisotopic (exact) mass is 316 g/mol. The molecule has 23 heavy (non-hydrogen) atoms. The number of nitrogens with zero attached hydrogens (tertiary/aromatic N) is 3. The van der Waals surface area contributed by atoms with Crippen LogP contribution >= 0.6 is 0 Å². The van der Waals surface area contributed by atoms with Crippen molar-refractivity contribution in [3.63, 3.8) is 0 Å². The first kappa shape index (κ1) is 15.9. The molecule has 0 unspecified atom stereocenters. The number of hydrogen-bond acceptors (Lipinski definition) is 5. The van der Waals surface area contributed by atoms with E-state index in [-0.39, 0.29) is 0 Å². The molecule has 1 aromatic rings. The summed E-state index contributed by atoms with van der Waals surface area (Å²) in [7, 11) is 0. The molecule has 6 heteroatoms. The number of nitrogens with one attached hydrogen (secondary N) is 1. The van der Waals surface area contributed by atoms with Crippen molar-refractivity contribution in [3.05, 3.63) is 24.2 Å². The Morgan fingerprint density at radius 2 is 2.04 bits per heavy atom. The lowest BCUT2D eigenvalue weighted by Gasteiger charge is -2.31. The molecular weight excluding hydrogens is 292 g/mol. The van der Waals surface area contributed by atoms with E-state index in [1.54, 1.807) is 12.4 Å². The van der Waals surface area contributed by atoms with Crippen molar-refractivity contribution in [2.24, 2.45) is 0 Å². The maximum Gasteiger partial charge on any atom is 0.328 e. The molecule has 0 bridgehead atoms. The molecule has 2 aliphatic rings. The average molecular weight is 316 g/mol. The number of anilines is 1. The zero-order valence-electron chi connectivity index (χ0n) is 13.3. The van der Waals surface area contributed by atoms with Crippen molar-refractivity contribution in [3.8, 4) is 0 Å². The topological polar surface area (TPSA) is 78.3 Å². The third-order valence-corrected chi connectivity index (χ3v) is 4.73. The van der Waals surface area contributed by atoms with Gasteiger partial charge in [-0.05, 0) is 25.3 Å². The lowest BCUT2D eigenvalue weighted by molar-refractivity contribution is -0.131. The van der Waals surface area contributed by atoms with Crippen LogP contribution in [0.4, 0.5) is 5.82 Å². The van der Waals surface area contributed by atoms with Crippen LogP contribution in [0.15, 0.2) is 18.5 Å². The lowest BCUT2D eigenvalue weighted by Crippen LogP contribution is -2.36. The van der Waals surface area contributed by atoms with Crippen molar-refractivity contribution in [1.82, 2.24) is 14.9 Å².